The molecule has 0 N–H and O–H groups in total. The van der Waals surface area contributed by atoms with E-state index in [4.69, 9.17) is 0 Å². The van der Waals surface area contributed by atoms with Crippen LogP contribution in [0, 0.1) is 5.82 Å². The summed E-state index contributed by atoms with van der Waals surface area (Å²) in [7, 11) is 0. The number of hydrogen-bond donors (Lipinski definition) is 0. The van der Waals surface area contributed by atoms with E-state index in [-0.39, 0.29) is 16.2 Å². The zero-order valence-electron chi connectivity index (χ0n) is 15.3. The second-order valence-corrected chi connectivity index (χ2v) is 9.78. The van der Waals surface area contributed by atoms with E-state index < -0.39 is 11.6 Å². The van der Waals surface area contributed by atoms with Crippen LogP contribution in [0.25, 0.3) is 20.2 Å². The number of carbonyl (C=O) groups is 2. The maximum absolute atomic E-state index is 14.4. The summed E-state index contributed by atoms with van der Waals surface area (Å²) in [5.74, 6) is -1.31. The lowest BCUT2D eigenvalue weighted by Gasteiger charge is -2.05. The molecule has 0 aliphatic rings. The summed E-state index contributed by atoms with van der Waals surface area (Å²) in [5, 5.41) is 1.69. The average Bonchev–Trinajstić information content (AvgIpc) is 3.36. The Bertz CT molecular complexity index is 1430. The molecule has 2 aromatic heterocycles. The molecule has 0 bridgehead atoms. The van der Waals surface area contributed by atoms with Gasteiger partial charge >= 0.3 is 0 Å². The molecule has 30 heavy (non-hydrogen) atoms. The summed E-state index contributed by atoms with van der Waals surface area (Å²) in [6.45, 7) is 0. The minimum atomic E-state index is -0.610. The van der Waals surface area contributed by atoms with Crippen LogP contribution in [0.4, 0.5) is 4.39 Å². The Morgan fingerprint density at radius 1 is 0.800 bits per heavy atom. The first kappa shape index (κ1) is 19.3. The topological polar surface area (TPSA) is 34.1 Å². The fraction of sp³-hybridized carbons (Fsp3) is 0. The highest BCUT2D eigenvalue weighted by Crippen LogP contribution is 2.37. The van der Waals surface area contributed by atoms with Crippen LogP contribution in [0.1, 0.15) is 30.5 Å². The predicted molar refractivity (Wildman–Crippen MR) is 125 cm³/mol. The maximum Gasteiger partial charge on any atom is 0.206 e. The van der Waals surface area contributed by atoms with Crippen LogP contribution in [-0.4, -0.2) is 11.6 Å². The molecule has 0 fully saturated rings. The predicted octanol–water partition coefficient (Wildman–Crippen LogP) is 7.48. The maximum atomic E-state index is 14.4. The molecule has 0 saturated carbocycles. The fourth-order valence-corrected chi connectivity index (χ4v) is 5.97. The Morgan fingerprint density at radius 3 is 2.33 bits per heavy atom. The largest absolute Gasteiger partial charge is 0.288 e. The molecule has 0 atom stereocenters. The van der Waals surface area contributed by atoms with E-state index in [0.717, 1.165) is 14.8 Å². The van der Waals surface area contributed by atoms with Gasteiger partial charge in [0.15, 0.2) is 0 Å². The van der Waals surface area contributed by atoms with E-state index in [1.54, 1.807) is 6.07 Å². The highest BCUT2D eigenvalue weighted by atomic mass is 79.9. The van der Waals surface area contributed by atoms with Gasteiger partial charge in [0.2, 0.25) is 11.6 Å². The number of fused-ring (bicyclic) bond motifs is 2. The Morgan fingerprint density at radius 2 is 1.53 bits per heavy atom. The molecule has 3 aromatic carbocycles. The van der Waals surface area contributed by atoms with E-state index >= 15 is 0 Å². The molecule has 0 radical (unpaired) electrons. The summed E-state index contributed by atoms with van der Waals surface area (Å²) in [6, 6.07) is 21.3. The molecule has 2 nitrogen and oxygen atoms in total. The first-order valence-corrected chi connectivity index (χ1v) is 11.5. The molecule has 0 unspecified atom stereocenters. The van der Waals surface area contributed by atoms with Crippen molar-refractivity contribution in [3.8, 4) is 0 Å². The third-order valence-electron chi connectivity index (χ3n) is 4.85. The van der Waals surface area contributed by atoms with Gasteiger partial charge in [-0.2, -0.15) is 0 Å². The number of carbonyl (C=O) groups excluding carboxylic acids is 2. The fourth-order valence-electron chi connectivity index (χ4n) is 3.44. The Hall–Kier alpha value is -2.67. The Labute approximate surface area is 187 Å². The molecular weight excluding hydrogens is 483 g/mol. The number of thiophene rings is 2. The number of halogens is 2. The quantitative estimate of drug-likeness (QED) is 0.242. The molecular formula is C24H12BrFO2S2. The van der Waals surface area contributed by atoms with Crippen LogP contribution < -0.4 is 0 Å². The van der Waals surface area contributed by atoms with Crippen molar-refractivity contribution in [1.29, 1.82) is 0 Å². The Kier molecular flexibility index (Phi) is 4.85. The third-order valence-corrected chi connectivity index (χ3v) is 7.63. The van der Waals surface area contributed by atoms with Crippen LogP contribution in [0.3, 0.4) is 0 Å². The smallest absolute Gasteiger partial charge is 0.206 e. The summed E-state index contributed by atoms with van der Waals surface area (Å²) < 4.78 is 16.9. The van der Waals surface area contributed by atoms with Crippen LogP contribution >= 0.6 is 38.6 Å². The van der Waals surface area contributed by atoms with Gasteiger partial charge in [0, 0.05) is 19.3 Å². The van der Waals surface area contributed by atoms with Crippen molar-refractivity contribution in [3.05, 3.63) is 104 Å². The molecule has 0 aliphatic heterocycles. The van der Waals surface area contributed by atoms with E-state index in [0.29, 0.717) is 20.3 Å². The Balaban J connectivity index is 1.72. The molecule has 5 rings (SSSR count). The summed E-state index contributed by atoms with van der Waals surface area (Å²) in [5.41, 5.74) is 0.285. The molecule has 0 saturated heterocycles. The molecule has 5 aromatic rings. The van der Waals surface area contributed by atoms with Gasteiger partial charge in [0.1, 0.15) is 5.82 Å². The summed E-state index contributed by atoms with van der Waals surface area (Å²) in [4.78, 5) is 27.7. The number of ketones is 2. The minimum Gasteiger partial charge on any atom is -0.288 e. The van der Waals surface area contributed by atoms with Crippen molar-refractivity contribution in [2.75, 3.05) is 0 Å². The zero-order chi connectivity index (χ0) is 20.8. The number of rotatable bonds is 4. The lowest BCUT2D eigenvalue weighted by molar-refractivity contribution is 0.101. The summed E-state index contributed by atoms with van der Waals surface area (Å²) >= 11 is 5.91. The first-order chi connectivity index (χ1) is 14.5. The lowest BCUT2D eigenvalue weighted by atomic mass is 10.00. The minimum absolute atomic E-state index is 0.0543. The molecule has 0 amide bonds. The number of benzene rings is 3. The van der Waals surface area contributed by atoms with Gasteiger partial charge in [0.25, 0.3) is 0 Å². The van der Waals surface area contributed by atoms with E-state index in [1.807, 2.05) is 54.6 Å². The van der Waals surface area contributed by atoms with Gasteiger partial charge in [0.05, 0.1) is 20.9 Å². The van der Waals surface area contributed by atoms with Crippen LogP contribution in [0.15, 0.2) is 77.3 Å². The first-order valence-electron chi connectivity index (χ1n) is 9.07. The second kappa shape index (κ2) is 7.54. The second-order valence-electron chi connectivity index (χ2n) is 6.73. The van der Waals surface area contributed by atoms with Crippen molar-refractivity contribution in [2.24, 2.45) is 0 Å². The highest BCUT2D eigenvalue weighted by molar-refractivity contribution is 9.10. The molecule has 146 valence electrons. The SMILES string of the molecule is O=C(c1cc(Br)ccc1F)c1sc2ccccc2c1C(=O)c1cc2ccccc2s1. The van der Waals surface area contributed by atoms with Crippen LogP contribution in [0.2, 0.25) is 0 Å². The normalized spacial score (nSPS) is 11.3. The molecule has 6 heteroatoms. The van der Waals surface area contributed by atoms with Crippen LogP contribution in [0.5, 0.6) is 0 Å². The lowest BCUT2D eigenvalue weighted by Crippen LogP contribution is -2.09. The van der Waals surface area contributed by atoms with E-state index in [1.165, 1.54) is 34.8 Å². The molecule has 0 aliphatic carbocycles. The average molecular weight is 495 g/mol. The van der Waals surface area contributed by atoms with Crippen LogP contribution in [-0.2, 0) is 0 Å². The van der Waals surface area contributed by atoms with Gasteiger partial charge in [-0.05, 0) is 41.8 Å². The standard InChI is InChI=1S/C24H12BrFO2S2/c25-14-9-10-17(26)16(12-14)22(27)24-21(15-6-2-4-8-19(15)30-24)23(28)20-11-13-5-1-3-7-18(13)29-20/h1-12H. The van der Waals surface area contributed by atoms with Gasteiger partial charge in [-0.25, -0.2) is 4.39 Å². The summed E-state index contributed by atoms with van der Waals surface area (Å²) in [6.07, 6.45) is 0. The van der Waals surface area contributed by atoms with Crippen molar-refractivity contribution in [1.82, 2.24) is 0 Å². The van der Waals surface area contributed by atoms with Gasteiger partial charge in [-0.3, -0.25) is 9.59 Å². The molecule has 0 spiro atoms. The van der Waals surface area contributed by atoms with Crippen molar-refractivity contribution in [3.63, 3.8) is 0 Å². The van der Waals surface area contributed by atoms with E-state index in [9.17, 15) is 14.0 Å². The van der Waals surface area contributed by atoms with Gasteiger partial charge in [-0.15, -0.1) is 22.7 Å². The molecule has 2 heterocycles. The highest BCUT2D eigenvalue weighted by Gasteiger charge is 2.27. The zero-order valence-corrected chi connectivity index (χ0v) is 18.5. The van der Waals surface area contributed by atoms with Gasteiger partial charge < -0.3 is 0 Å². The van der Waals surface area contributed by atoms with Crippen molar-refractivity contribution < 1.29 is 14.0 Å². The van der Waals surface area contributed by atoms with Gasteiger partial charge in [-0.1, -0.05) is 52.3 Å². The third kappa shape index (κ3) is 3.21. The van der Waals surface area contributed by atoms with Crippen molar-refractivity contribution >= 4 is 70.3 Å². The monoisotopic (exact) mass is 494 g/mol. The van der Waals surface area contributed by atoms with E-state index in [2.05, 4.69) is 15.9 Å². The number of hydrogen-bond acceptors (Lipinski definition) is 4. The van der Waals surface area contributed by atoms with Crippen molar-refractivity contribution in [2.45, 2.75) is 0 Å².